The molecule has 0 saturated carbocycles. The van der Waals surface area contributed by atoms with Crippen LogP contribution in [0.2, 0.25) is 0 Å². The smallest absolute Gasteiger partial charge is 0.293 e. The van der Waals surface area contributed by atoms with Gasteiger partial charge in [0, 0.05) is 32.1 Å². The average molecular weight is 322 g/mol. The van der Waals surface area contributed by atoms with E-state index in [0.29, 0.717) is 17.7 Å². The van der Waals surface area contributed by atoms with Gasteiger partial charge in [0.25, 0.3) is 5.56 Å². The quantitative estimate of drug-likeness (QED) is 0.495. The molecule has 0 bridgehead atoms. The van der Waals surface area contributed by atoms with Gasteiger partial charge in [-0.1, -0.05) is 39.7 Å². The first-order chi connectivity index (χ1) is 10.9. The van der Waals surface area contributed by atoms with Crippen LogP contribution in [0.4, 0.5) is 5.82 Å². The summed E-state index contributed by atoms with van der Waals surface area (Å²) in [6, 6.07) is 0. The van der Waals surface area contributed by atoms with Crippen LogP contribution in [-0.2, 0) is 18.3 Å². The van der Waals surface area contributed by atoms with Crippen LogP contribution < -0.4 is 10.9 Å². The van der Waals surface area contributed by atoms with Crippen LogP contribution >= 0.6 is 0 Å². The maximum absolute atomic E-state index is 11.3. The van der Waals surface area contributed by atoms with Gasteiger partial charge in [-0.2, -0.15) is 0 Å². The van der Waals surface area contributed by atoms with Crippen molar-refractivity contribution in [3.05, 3.63) is 33.9 Å². The zero-order chi connectivity index (χ0) is 18.3. The minimum atomic E-state index is -0.0882. The second-order valence-electron chi connectivity index (χ2n) is 4.65. The van der Waals surface area contributed by atoms with Gasteiger partial charge in [0.2, 0.25) is 0 Å². The van der Waals surface area contributed by atoms with Gasteiger partial charge in [-0.05, 0) is 13.3 Å². The van der Waals surface area contributed by atoms with Gasteiger partial charge >= 0.3 is 0 Å². The Bertz CT molecular complexity index is 536. The molecular weight excluding hydrogens is 292 g/mol. The van der Waals surface area contributed by atoms with E-state index >= 15 is 0 Å². The maximum Gasteiger partial charge on any atom is 0.293 e. The van der Waals surface area contributed by atoms with Crippen molar-refractivity contribution in [1.29, 1.82) is 5.41 Å². The highest BCUT2D eigenvalue weighted by molar-refractivity contribution is 6.00. The van der Waals surface area contributed by atoms with E-state index in [0.717, 1.165) is 18.3 Å². The van der Waals surface area contributed by atoms with Crippen molar-refractivity contribution in [2.75, 3.05) is 12.4 Å². The third-order valence-corrected chi connectivity index (χ3v) is 2.86. The summed E-state index contributed by atoms with van der Waals surface area (Å²) in [5.41, 5.74) is 1.25. The number of nitrogens with one attached hydrogen (secondary N) is 2. The summed E-state index contributed by atoms with van der Waals surface area (Å²) in [5, 5.41) is 9.30. The second kappa shape index (κ2) is 14.7. The van der Waals surface area contributed by atoms with Gasteiger partial charge in [-0.25, -0.2) is 4.98 Å². The molecule has 0 aliphatic carbocycles. The normalized spacial score (nSPS) is 9.74. The largest absolute Gasteiger partial charge is 0.369 e. The Balaban J connectivity index is 0. The number of rotatable bonds is 5. The summed E-state index contributed by atoms with van der Waals surface area (Å²) in [7, 11) is 3.42. The lowest BCUT2D eigenvalue weighted by Gasteiger charge is -2.04. The van der Waals surface area contributed by atoms with Crippen LogP contribution in [0.15, 0.2) is 22.6 Å². The number of aldehydes is 1. The summed E-state index contributed by atoms with van der Waals surface area (Å²) >= 11 is 0. The Morgan fingerprint density at radius 2 is 1.91 bits per heavy atom. The van der Waals surface area contributed by atoms with Crippen LogP contribution in [0, 0.1) is 5.41 Å². The molecule has 23 heavy (non-hydrogen) atoms. The number of unbranched alkanes of at least 4 members (excludes halogenated alkanes) is 1. The number of nitrogens with zero attached hydrogens (tertiary/aromatic N) is 2. The second-order valence-corrected chi connectivity index (χ2v) is 4.65. The SMILES string of the molecule is C/C=C(\C=N)C=O.CCCC.CCc1cn(C)c(=O)c(NC)n1. The van der Waals surface area contributed by atoms with Crippen LogP contribution in [0.1, 0.15) is 46.2 Å². The first kappa shape index (κ1) is 23.0. The van der Waals surface area contributed by atoms with Crippen molar-refractivity contribution >= 4 is 18.3 Å². The van der Waals surface area contributed by atoms with Crippen LogP contribution in [0.25, 0.3) is 0 Å². The summed E-state index contributed by atoms with van der Waals surface area (Å²) < 4.78 is 1.54. The van der Waals surface area contributed by atoms with Gasteiger partial charge in [-0.15, -0.1) is 0 Å². The average Bonchev–Trinajstić information content (AvgIpc) is 2.59. The molecule has 0 fully saturated rings. The van der Waals surface area contributed by atoms with Crippen molar-refractivity contribution < 1.29 is 4.79 Å². The Morgan fingerprint density at radius 3 is 2.17 bits per heavy atom. The minimum Gasteiger partial charge on any atom is -0.369 e. The number of aromatic nitrogens is 2. The Hall–Kier alpha value is -2.24. The van der Waals surface area contributed by atoms with E-state index in [-0.39, 0.29) is 5.56 Å². The highest BCUT2D eigenvalue weighted by Gasteiger charge is 2.02. The number of aryl methyl sites for hydroxylation is 2. The lowest BCUT2D eigenvalue weighted by Crippen LogP contribution is -2.22. The highest BCUT2D eigenvalue weighted by atomic mass is 16.1. The molecule has 6 nitrogen and oxygen atoms in total. The van der Waals surface area contributed by atoms with Crippen molar-refractivity contribution in [2.24, 2.45) is 7.05 Å². The molecule has 0 spiro atoms. The molecular formula is C17H30N4O2. The first-order valence-electron chi connectivity index (χ1n) is 7.81. The zero-order valence-electron chi connectivity index (χ0n) is 15.1. The van der Waals surface area contributed by atoms with E-state index in [1.165, 1.54) is 17.4 Å². The number of carbonyl (C=O) groups is 1. The van der Waals surface area contributed by atoms with Crippen LogP contribution in [0.5, 0.6) is 0 Å². The highest BCUT2D eigenvalue weighted by Crippen LogP contribution is 1.97. The van der Waals surface area contributed by atoms with Gasteiger partial charge in [0.1, 0.15) is 0 Å². The van der Waals surface area contributed by atoms with E-state index in [2.05, 4.69) is 24.1 Å². The zero-order valence-corrected chi connectivity index (χ0v) is 15.1. The molecule has 2 N–H and O–H groups in total. The standard InChI is InChI=1S/C8H13N3O.C5H7NO.C4H10/c1-4-6-5-11(3)8(12)7(9-2)10-6;1-2-5(3-6)4-7;1-3-4-2/h5H,4H2,1-3H3,(H,9,10);2-4,6H,1H3;3-4H2,1-2H3/b;5-2+,6-3?;. The fourth-order valence-electron chi connectivity index (χ4n) is 1.19. The molecule has 0 aliphatic rings. The fourth-order valence-corrected chi connectivity index (χ4v) is 1.19. The van der Waals surface area contributed by atoms with E-state index in [1.54, 1.807) is 33.3 Å². The van der Waals surface area contributed by atoms with E-state index in [9.17, 15) is 9.59 Å². The first-order valence-corrected chi connectivity index (χ1v) is 7.81. The molecule has 6 heteroatoms. The molecule has 0 radical (unpaired) electrons. The number of carbonyl (C=O) groups excluding carboxylic acids is 1. The number of hydrogen-bond donors (Lipinski definition) is 2. The monoisotopic (exact) mass is 322 g/mol. The Labute approximate surface area is 139 Å². The summed E-state index contributed by atoms with van der Waals surface area (Å²) in [6.45, 7) is 8.08. The molecule has 0 aliphatic heterocycles. The number of allylic oxidation sites excluding steroid dienone is 2. The molecule has 0 atom stereocenters. The van der Waals surface area contributed by atoms with Crippen molar-refractivity contribution in [1.82, 2.24) is 9.55 Å². The van der Waals surface area contributed by atoms with E-state index in [4.69, 9.17) is 5.41 Å². The van der Waals surface area contributed by atoms with Gasteiger partial charge in [-0.3, -0.25) is 9.59 Å². The molecule has 1 aromatic rings. The van der Waals surface area contributed by atoms with Crippen LogP contribution in [0.3, 0.4) is 0 Å². The summed E-state index contributed by atoms with van der Waals surface area (Å²) in [5.74, 6) is 0.414. The van der Waals surface area contributed by atoms with Gasteiger partial charge in [0.05, 0.1) is 5.69 Å². The van der Waals surface area contributed by atoms with Crippen LogP contribution in [-0.4, -0.2) is 29.1 Å². The molecule has 130 valence electrons. The molecule has 0 saturated heterocycles. The molecule has 1 heterocycles. The van der Waals surface area contributed by atoms with Gasteiger partial charge in [0.15, 0.2) is 12.1 Å². The predicted octanol–water partition coefficient (Wildman–Crippen LogP) is 2.97. The fraction of sp³-hybridized carbons (Fsp3) is 0.529. The topological polar surface area (TPSA) is 87.8 Å². The van der Waals surface area contributed by atoms with Crippen molar-refractivity contribution in [2.45, 2.75) is 47.0 Å². The minimum absolute atomic E-state index is 0.0882. The Morgan fingerprint density at radius 1 is 1.35 bits per heavy atom. The van der Waals surface area contributed by atoms with E-state index < -0.39 is 0 Å². The molecule has 0 aromatic carbocycles. The third-order valence-electron chi connectivity index (χ3n) is 2.86. The number of hydrogen-bond acceptors (Lipinski definition) is 5. The summed E-state index contributed by atoms with van der Waals surface area (Å²) in [6.07, 6.45) is 8.48. The molecule has 0 amide bonds. The molecule has 1 aromatic heterocycles. The summed E-state index contributed by atoms with van der Waals surface area (Å²) in [4.78, 5) is 25.2. The maximum atomic E-state index is 11.3. The third kappa shape index (κ3) is 10.2. The Kier molecular flexibility index (Phi) is 14.7. The molecule has 1 rings (SSSR count). The number of anilines is 1. The van der Waals surface area contributed by atoms with Gasteiger partial charge < -0.3 is 15.3 Å². The van der Waals surface area contributed by atoms with Crippen molar-refractivity contribution in [3.8, 4) is 0 Å². The van der Waals surface area contributed by atoms with E-state index in [1.807, 2.05) is 6.92 Å². The lowest BCUT2D eigenvalue weighted by molar-refractivity contribution is -0.104. The lowest BCUT2D eigenvalue weighted by atomic mass is 10.3. The predicted molar refractivity (Wildman–Crippen MR) is 97.6 cm³/mol. The van der Waals surface area contributed by atoms with Crippen molar-refractivity contribution in [3.63, 3.8) is 0 Å². The molecule has 0 unspecified atom stereocenters.